The number of nitrogen functional groups attached to an aromatic ring is 1. The third-order valence-electron chi connectivity index (χ3n) is 2.29. The van der Waals surface area contributed by atoms with E-state index in [0.29, 0.717) is 18.0 Å². The van der Waals surface area contributed by atoms with E-state index in [1.54, 1.807) is 24.3 Å². The summed E-state index contributed by atoms with van der Waals surface area (Å²) < 4.78 is 18.6. The van der Waals surface area contributed by atoms with Gasteiger partial charge in [-0.3, -0.25) is 0 Å². The molecule has 0 aliphatic rings. The molecule has 0 saturated heterocycles. The van der Waals surface area contributed by atoms with Crippen LogP contribution in [0.15, 0.2) is 42.5 Å². The summed E-state index contributed by atoms with van der Waals surface area (Å²) in [5.41, 5.74) is 6.81. The molecule has 0 radical (unpaired) electrons. The third-order valence-corrected chi connectivity index (χ3v) is 2.29. The van der Waals surface area contributed by atoms with Gasteiger partial charge in [0, 0.05) is 5.56 Å². The summed E-state index contributed by atoms with van der Waals surface area (Å²) in [6, 6.07) is 11.9. The zero-order valence-electron chi connectivity index (χ0n) is 9.27. The minimum absolute atomic E-state index is 0.225. The highest BCUT2D eigenvalue weighted by atomic mass is 19.1. The molecule has 1 aromatic carbocycles. The van der Waals surface area contributed by atoms with E-state index in [2.05, 4.69) is 4.98 Å². The second kappa shape index (κ2) is 5.41. The van der Waals surface area contributed by atoms with Gasteiger partial charge >= 0.3 is 0 Å². The van der Waals surface area contributed by atoms with Crippen molar-refractivity contribution in [3.8, 4) is 0 Å². The minimum Gasteiger partial charge on any atom is -0.384 e. The highest BCUT2D eigenvalue weighted by Gasteiger charge is 2.01. The molecule has 17 heavy (non-hydrogen) atoms. The van der Waals surface area contributed by atoms with E-state index in [0.717, 1.165) is 5.69 Å². The molecule has 1 heterocycles. The number of nitrogens with two attached hydrogens (primary N) is 1. The van der Waals surface area contributed by atoms with Gasteiger partial charge in [0.05, 0.1) is 18.9 Å². The lowest BCUT2D eigenvalue weighted by Crippen LogP contribution is -2.00. The maximum atomic E-state index is 13.3. The van der Waals surface area contributed by atoms with Crippen molar-refractivity contribution < 1.29 is 9.13 Å². The molecule has 0 aliphatic heterocycles. The van der Waals surface area contributed by atoms with Gasteiger partial charge in [-0.15, -0.1) is 0 Å². The quantitative estimate of drug-likeness (QED) is 0.881. The zero-order chi connectivity index (χ0) is 12.1. The van der Waals surface area contributed by atoms with E-state index in [1.165, 1.54) is 6.07 Å². The summed E-state index contributed by atoms with van der Waals surface area (Å²) in [5.74, 6) is 0.199. The van der Waals surface area contributed by atoms with Crippen LogP contribution in [-0.4, -0.2) is 4.98 Å². The number of rotatable bonds is 4. The lowest BCUT2D eigenvalue weighted by molar-refractivity contribution is 0.102. The molecule has 88 valence electrons. The summed E-state index contributed by atoms with van der Waals surface area (Å²) in [7, 11) is 0. The first-order chi connectivity index (χ1) is 8.25. The number of anilines is 1. The first-order valence-corrected chi connectivity index (χ1v) is 5.28. The first kappa shape index (κ1) is 11.5. The molecule has 0 saturated carbocycles. The summed E-state index contributed by atoms with van der Waals surface area (Å²) >= 11 is 0. The molecule has 1 aromatic heterocycles. The standard InChI is InChI=1S/C13H13FN2O/c14-12-6-2-1-4-10(12)8-17-9-11-5-3-7-13(15)16-11/h1-7H,8-9H2,(H2,15,16). The number of benzene rings is 1. The highest BCUT2D eigenvalue weighted by Crippen LogP contribution is 2.09. The summed E-state index contributed by atoms with van der Waals surface area (Å²) in [5, 5.41) is 0. The zero-order valence-corrected chi connectivity index (χ0v) is 9.27. The van der Waals surface area contributed by atoms with Crippen LogP contribution in [0.5, 0.6) is 0 Å². The van der Waals surface area contributed by atoms with Crippen molar-refractivity contribution in [2.24, 2.45) is 0 Å². The van der Waals surface area contributed by atoms with Crippen LogP contribution in [0, 0.1) is 5.82 Å². The predicted octanol–water partition coefficient (Wildman–Crippen LogP) is 2.52. The predicted molar refractivity (Wildman–Crippen MR) is 63.5 cm³/mol. The van der Waals surface area contributed by atoms with Crippen LogP contribution in [0.4, 0.5) is 10.2 Å². The Morgan fingerprint density at radius 1 is 1.06 bits per heavy atom. The number of pyridine rings is 1. The monoisotopic (exact) mass is 232 g/mol. The van der Waals surface area contributed by atoms with Gasteiger partial charge in [-0.1, -0.05) is 24.3 Å². The van der Waals surface area contributed by atoms with Crippen LogP contribution in [0.3, 0.4) is 0 Å². The first-order valence-electron chi connectivity index (χ1n) is 5.28. The van der Waals surface area contributed by atoms with Crippen molar-refractivity contribution in [3.05, 3.63) is 59.5 Å². The molecule has 0 fully saturated rings. The van der Waals surface area contributed by atoms with Crippen LogP contribution < -0.4 is 5.73 Å². The van der Waals surface area contributed by atoms with Gasteiger partial charge in [-0.2, -0.15) is 0 Å². The van der Waals surface area contributed by atoms with E-state index < -0.39 is 0 Å². The normalized spacial score (nSPS) is 10.4. The van der Waals surface area contributed by atoms with Gasteiger partial charge in [0.1, 0.15) is 11.6 Å². The number of halogens is 1. The summed E-state index contributed by atoms with van der Waals surface area (Å²) in [6.45, 7) is 0.544. The Morgan fingerprint density at radius 2 is 1.88 bits per heavy atom. The number of aromatic nitrogens is 1. The average Bonchev–Trinajstić information content (AvgIpc) is 2.32. The van der Waals surface area contributed by atoms with Gasteiger partial charge in [0.2, 0.25) is 0 Å². The minimum atomic E-state index is -0.256. The molecule has 0 bridgehead atoms. The molecule has 2 aromatic rings. The van der Waals surface area contributed by atoms with Crippen LogP contribution in [0.2, 0.25) is 0 Å². The van der Waals surface area contributed by atoms with E-state index >= 15 is 0 Å². The van der Waals surface area contributed by atoms with Crippen molar-refractivity contribution in [1.29, 1.82) is 0 Å². The number of hydrogen-bond acceptors (Lipinski definition) is 3. The molecule has 0 amide bonds. The SMILES string of the molecule is Nc1cccc(COCc2ccccc2F)n1. The van der Waals surface area contributed by atoms with E-state index in [-0.39, 0.29) is 12.4 Å². The van der Waals surface area contributed by atoms with Crippen LogP contribution >= 0.6 is 0 Å². The van der Waals surface area contributed by atoms with Crippen LogP contribution in [0.25, 0.3) is 0 Å². The molecular weight excluding hydrogens is 219 g/mol. The second-order valence-electron chi connectivity index (χ2n) is 3.64. The Morgan fingerprint density at radius 3 is 2.65 bits per heavy atom. The van der Waals surface area contributed by atoms with E-state index in [1.807, 2.05) is 12.1 Å². The molecule has 4 heteroatoms. The Kier molecular flexibility index (Phi) is 3.67. The van der Waals surface area contributed by atoms with Gasteiger partial charge < -0.3 is 10.5 Å². The molecule has 3 nitrogen and oxygen atoms in total. The van der Waals surface area contributed by atoms with Crippen LogP contribution in [0.1, 0.15) is 11.3 Å². The number of hydrogen-bond donors (Lipinski definition) is 1. The van der Waals surface area contributed by atoms with Crippen molar-refractivity contribution in [2.45, 2.75) is 13.2 Å². The summed E-state index contributed by atoms with van der Waals surface area (Å²) in [4.78, 5) is 4.09. The van der Waals surface area contributed by atoms with Gasteiger partial charge in [0.25, 0.3) is 0 Å². The lowest BCUT2D eigenvalue weighted by atomic mass is 10.2. The second-order valence-corrected chi connectivity index (χ2v) is 3.64. The fraction of sp³-hybridized carbons (Fsp3) is 0.154. The average molecular weight is 232 g/mol. The molecule has 0 atom stereocenters. The van der Waals surface area contributed by atoms with Crippen molar-refractivity contribution in [1.82, 2.24) is 4.98 Å². The largest absolute Gasteiger partial charge is 0.384 e. The fourth-order valence-electron chi connectivity index (χ4n) is 1.46. The summed E-state index contributed by atoms with van der Waals surface area (Å²) in [6.07, 6.45) is 0. The van der Waals surface area contributed by atoms with E-state index in [4.69, 9.17) is 10.5 Å². The molecule has 0 aliphatic carbocycles. The third kappa shape index (κ3) is 3.26. The maximum absolute atomic E-state index is 13.3. The van der Waals surface area contributed by atoms with Crippen molar-refractivity contribution >= 4 is 5.82 Å². The van der Waals surface area contributed by atoms with Gasteiger partial charge in [-0.25, -0.2) is 9.37 Å². The Bertz CT molecular complexity index is 502. The smallest absolute Gasteiger partial charge is 0.128 e. The maximum Gasteiger partial charge on any atom is 0.128 e. The van der Waals surface area contributed by atoms with Crippen molar-refractivity contribution in [3.63, 3.8) is 0 Å². The molecule has 2 rings (SSSR count). The van der Waals surface area contributed by atoms with Crippen LogP contribution in [-0.2, 0) is 18.0 Å². The van der Waals surface area contributed by atoms with E-state index in [9.17, 15) is 4.39 Å². The Hall–Kier alpha value is -1.94. The molecule has 2 N–H and O–H groups in total. The Balaban J connectivity index is 1.90. The van der Waals surface area contributed by atoms with Gasteiger partial charge in [0.15, 0.2) is 0 Å². The fourth-order valence-corrected chi connectivity index (χ4v) is 1.46. The number of ether oxygens (including phenoxy) is 1. The number of nitrogens with zero attached hydrogens (tertiary/aromatic N) is 1. The van der Waals surface area contributed by atoms with Crippen molar-refractivity contribution in [2.75, 3.05) is 5.73 Å². The molecule has 0 spiro atoms. The highest BCUT2D eigenvalue weighted by molar-refractivity contribution is 5.28. The lowest BCUT2D eigenvalue weighted by Gasteiger charge is -2.05. The topological polar surface area (TPSA) is 48.1 Å². The van der Waals surface area contributed by atoms with Gasteiger partial charge in [-0.05, 0) is 18.2 Å². The molecule has 0 unspecified atom stereocenters. The molecular formula is C13H13FN2O. The Labute approximate surface area is 99.1 Å².